The number of thioether (sulfide) groups is 1. The van der Waals surface area contributed by atoms with Crippen LogP contribution in [0.4, 0.5) is 10.5 Å². The van der Waals surface area contributed by atoms with Crippen molar-refractivity contribution >= 4 is 45.6 Å². The average molecular weight is 441 g/mol. The fourth-order valence-corrected chi connectivity index (χ4v) is 5.73. The summed E-state index contributed by atoms with van der Waals surface area (Å²) < 4.78 is -0.350. The highest BCUT2D eigenvalue weighted by Crippen LogP contribution is 2.38. The first-order chi connectivity index (χ1) is 14.4. The molecule has 30 heavy (non-hydrogen) atoms. The van der Waals surface area contributed by atoms with Crippen molar-refractivity contribution in [2.45, 2.75) is 45.3 Å². The number of carbonyl (C=O) groups excluding carboxylic acids is 1. The number of amides is 1. The summed E-state index contributed by atoms with van der Waals surface area (Å²) in [5.41, 5.74) is 4.62. The minimum Gasteiger partial charge on any atom is -0.325 e. The summed E-state index contributed by atoms with van der Waals surface area (Å²) in [6, 6.07) is 10.9. The number of amidine groups is 1. The molecule has 0 unspecified atom stereocenters. The first kappa shape index (κ1) is 21.1. The number of thiophene rings is 1. The van der Waals surface area contributed by atoms with Crippen LogP contribution in [0.5, 0.6) is 0 Å². The van der Waals surface area contributed by atoms with Gasteiger partial charge in [-0.1, -0.05) is 23.9 Å². The van der Waals surface area contributed by atoms with Gasteiger partial charge < -0.3 is 4.90 Å². The number of benzene rings is 1. The van der Waals surface area contributed by atoms with Gasteiger partial charge >= 0.3 is 5.24 Å². The molecular formula is C23H28N4OS2. The molecule has 2 aromatic rings. The quantitative estimate of drug-likeness (QED) is 0.457. The lowest BCUT2D eigenvalue weighted by Gasteiger charge is -2.35. The van der Waals surface area contributed by atoms with Crippen molar-refractivity contribution < 1.29 is 4.79 Å². The van der Waals surface area contributed by atoms with E-state index >= 15 is 0 Å². The van der Waals surface area contributed by atoms with Crippen molar-refractivity contribution in [2.75, 3.05) is 24.5 Å². The minimum absolute atomic E-state index is 0.0201. The Bertz CT molecular complexity index is 995. The van der Waals surface area contributed by atoms with E-state index in [-0.39, 0.29) is 9.99 Å². The third-order valence-corrected chi connectivity index (χ3v) is 7.38. The Morgan fingerprint density at radius 3 is 2.80 bits per heavy atom. The first-order valence-corrected chi connectivity index (χ1v) is 12.2. The van der Waals surface area contributed by atoms with Gasteiger partial charge in [-0.3, -0.25) is 9.79 Å². The maximum absolute atomic E-state index is 12.3. The Morgan fingerprint density at radius 2 is 2.10 bits per heavy atom. The Hall–Kier alpha value is -2.12. The summed E-state index contributed by atoms with van der Waals surface area (Å²) in [6.07, 6.45) is 2.13. The largest absolute Gasteiger partial charge is 0.325 e. The Kier molecular flexibility index (Phi) is 6.02. The maximum Gasteiger partial charge on any atom is 0.302 e. The summed E-state index contributed by atoms with van der Waals surface area (Å²) in [4.78, 5) is 20.7. The third-order valence-electron chi connectivity index (χ3n) is 5.42. The van der Waals surface area contributed by atoms with Crippen molar-refractivity contribution in [1.29, 1.82) is 0 Å². The lowest BCUT2D eigenvalue weighted by atomic mass is 9.93. The van der Waals surface area contributed by atoms with E-state index in [9.17, 15) is 4.79 Å². The topological polar surface area (TPSA) is 48.3 Å². The number of rotatable bonds is 4. The van der Waals surface area contributed by atoms with Crippen LogP contribution in [0.3, 0.4) is 0 Å². The zero-order valence-electron chi connectivity index (χ0n) is 18.0. The van der Waals surface area contributed by atoms with Crippen LogP contribution in [0, 0.1) is 0 Å². The molecular weight excluding hydrogens is 412 g/mol. The second-order valence-corrected chi connectivity index (χ2v) is 10.4. The molecule has 0 saturated heterocycles. The molecule has 1 aromatic heterocycles. The van der Waals surface area contributed by atoms with E-state index in [4.69, 9.17) is 10.1 Å². The zero-order chi connectivity index (χ0) is 21.3. The van der Waals surface area contributed by atoms with Gasteiger partial charge in [-0.05, 0) is 75.2 Å². The van der Waals surface area contributed by atoms with E-state index in [1.807, 2.05) is 6.92 Å². The van der Waals surface area contributed by atoms with Gasteiger partial charge in [0.1, 0.15) is 5.84 Å². The molecule has 5 nitrogen and oxygen atoms in total. The number of hydrogen-bond acceptors (Lipinski definition) is 5. The summed E-state index contributed by atoms with van der Waals surface area (Å²) in [5, 5.41) is 8.42. The summed E-state index contributed by atoms with van der Waals surface area (Å²) >= 11 is 3.09. The number of hydrogen-bond donors (Lipinski definition) is 0. The van der Waals surface area contributed by atoms with Gasteiger partial charge in [0.2, 0.25) is 0 Å². The number of aryl methyl sites for hydroxylation is 1. The Labute approximate surface area is 186 Å². The molecule has 2 aliphatic heterocycles. The third kappa shape index (κ3) is 3.93. The molecule has 2 aliphatic rings. The standard InChI is InChI=1S/C23H28N4OS2/c1-5-24-21(19-10-8-14-29-19)26-13-7-9-16-15-17(11-12-18(16)26)20-23(3,4)30-22(28)27(6-2)25-20/h8,10-12,14-15H,5-7,9,13H2,1-4H3. The van der Waals surface area contributed by atoms with E-state index in [1.54, 1.807) is 16.3 Å². The van der Waals surface area contributed by atoms with Gasteiger partial charge in [0.15, 0.2) is 0 Å². The highest BCUT2D eigenvalue weighted by atomic mass is 32.2. The van der Waals surface area contributed by atoms with Crippen LogP contribution in [-0.4, -0.2) is 46.2 Å². The van der Waals surface area contributed by atoms with Crippen LogP contribution in [-0.2, 0) is 6.42 Å². The smallest absolute Gasteiger partial charge is 0.302 e. The van der Waals surface area contributed by atoms with Crippen LogP contribution >= 0.6 is 23.1 Å². The first-order valence-electron chi connectivity index (χ1n) is 10.5. The lowest BCUT2D eigenvalue weighted by molar-refractivity contribution is 0.226. The maximum atomic E-state index is 12.3. The fourth-order valence-electron chi connectivity index (χ4n) is 4.02. The minimum atomic E-state index is -0.350. The van der Waals surface area contributed by atoms with Crippen LogP contribution in [0.15, 0.2) is 45.8 Å². The second kappa shape index (κ2) is 8.55. The molecule has 3 heterocycles. The summed E-state index contributed by atoms with van der Waals surface area (Å²) in [7, 11) is 0. The number of anilines is 1. The molecule has 1 aromatic carbocycles. The molecule has 1 amide bonds. The Balaban J connectivity index is 1.74. The predicted molar refractivity (Wildman–Crippen MR) is 129 cm³/mol. The molecule has 0 fully saturated rings. The number of aliphatic imine (C=N–C) groups is 1. The van der Waals surface area contributed by atoms with Gasteiger partial charge in [-0.25, -0.2) is 5.01 Å². The fraction of sp³-hybridized carbons (Fsp3) is 0.435. The summed E-state index contributed by atoms with van der Waals surface area (Å²) in [5.74, 6) is 1.06. The highest BCUT2D eigenvalue weighted by Gasteiger charge is 2.37. The van der Waals surface area contributed by atoms with E-state index in [1.165, 1.54) is 27.9 Å². The average Bonchev–Trinajstić information content (AvgIpc) is 3.25. The number of fused-ring (bicyclic) bond motifs is 1. The second-order valence-electron chi connectivity index (χ2n) is 7.92. The van der Waals surface area contributed by atoms with Gasteiger partial charge in [-0.15, -0.1) is 11.3 Å². The van der Waals surface area contributed by atoms with Crippen molar-refractivity contribution in [1.82, 2.24) is 5.01 Å². The van der Waals surface area contributed by atoms with Crippen molar-refractivity contribution in [3.05, 3.63) is 51.7 Å². The number of hydrazone groups is 1. The van der Waals surface area contributed by atoms with Crippen LogP contribution < -0.4 is 4.90 Å². The molecule has 0 N–H and O–H groups in total. The molecule has 0 radical (unpaired) electrons. The lowest BCUT2D eigenvalue weighted by Crippen LogP contribution is -2.41. The number of carbonyl (C=O) groups is 1. The molecule has 7 heteroatoms. The molecule has 0 spiro atoms. The number of nitrogens with zero attached hydrogens (tertiary/aromatic N) is 4. The molecule has 0 atom stereocenters. The van der Waals surface area contributed by atoms with Crippen molar-refractivity contribution in [2.24, 2.45) is 10.1 Å². The van der Waals surface area contributed by atoms with Crippen LogP contribution in [0.2, 0.25) is 0 Å². The predicted octanol–water partition coefficient (Wildman–Crippen LogP) is 5.64. The zero-order valence-corrected chi connectivity index (χ0v) is 19.6. The van der Waals surface area contributed by atoms with Gasteiger partial charge in [0.05, 0.1) is 15.3 Å². The van der Waals surface area contributed by atoms with Crippen LogP contribution in [0.25, 0.3) is 0 Å². The van der Waals surface area contributed by atoms with Crippen molar-refractivity contribution in [3.8, 4) is 0 Å². The summed E-state index contributed by atoms with van der Waals surface area (Å²) in [6.45, 7) is 10.5. The van der Waals surface area contributed by atoms with Crippen molar-refractivity contribution in [3.63, 3.8) is 0 Å². The van der Waals surface area contributed by atoms with E-state index in [2.05, 4.69) is 61.4 Å². The van der Waals surface area contributed by atoms with E-state index in [0.29, 0.717) is 6.54 Å². The molecule has 0 bridgehead atoms. The Morgan fingerprint density at radius 1 is 1.27 bits per heavy atom. The van der Waals surface area contributed by atoms with Gasteiger partial charge in [-0.2, -0.15) is 5.10 Å². The van der Waals surface area contributed by atoms with E-state index < -0.39 is 0 Å². The molecule has 158 valence electrons. The van der Waals surface area contributed by atoms with E-state index in [0.717, 1.165) is 43.0 Å². The SMILES string of the molecule is CCN=C(c1cccs1)N1CCCc2cc(C3=NN(CC)C(=O)SC3(C)C)ccc21. The monoisotopic (exact) mass is 440 g/mol. The molecule has 4 rings (SSSR count). The molecule has 0 aliphatic carbocycles. The van der Waals surface area contributed by atoms with Gasteiger partial charge in [0, 0.05) is 25.3 Å². The normalized spacial score (nSPS) is 19.0. The van der Waals surface area contributed by atoms with Crippen LogP contribution in [0.1, 0.15) is 50.1 Å². The van der Waals surface area contributed by atoms with Gasteiger partial charge in [0.25, 0.3) is 0 Å². The molecule has 0 saturated carbocycles. The highest BCUT2D eigenvalue weighted by molar-refractivity contribution is 8.15.